The molecule has 0 radical (unpaired) electrons. The minimum atomic E-state index is -0.423. The molecule has 1 aromatic heterocycles. The van der Waals surface area contributed by atoms with E-state index in [9.17, 15) is 9.90 Å². The molecule has 0 spiro atoms. The number of carbonyl (C=O) groups excluding carboxylic acids is 1. The smallest absolute Gasteiger partial charge is 0.270 e. The summed E-state index contributed by atoms with van der Waals surface area (Å²) in [4.78, 5) is 17.4. The van der Waals surface area contributed by atoms with Gasteiger partial charge in [-0.25, -0.2) is 0 Å². The van der Waals surface area contributed by atoms with E-state index in [1.165, 1.54) is 0 Å². The number of amides is 1. The number of anilines is 1. The highest BCUT2D eigenvalue weighted by atomic mass is 16.3. The first-order chi connectivity index (χ1) is 10.1. The van der Waals surface area contributed by atoms with Crippen LogP contribution in [0.1, 0.15) is 36.2 Å². The summed E-state index contributed by atoms with van der Waals surface area (Å²) in [5, 5.41) is 11.0. The Hall–Kier alpha value is -2.01. The molecule has 0 saturated heterocycles. The Morgan fingerprint density at radius 1 is 1.33 bits per heavy atom. The monoisotopic (exact) mass is 287 g/mol. The summed E-state index contributed by atoms with van der Waals surface area (Å²) in [6.07, 6.45) is 3.29. The predicted octanol–water partition coefficient (Wildman–Crippen LogP) is 2.13. The summed E-state index contributed by atoms with van der Waals surface area (Å²) in [6, 6.07) is 7.25. The number of aromatic amines is 1. The zero-order valence-electron chi connectivity index (χ0n) is 12.2. The molecule has 1 amide bonds. The highest BCUT2D eigenvalue weighted by molar-refractivity contribution is 5.98. The van der Waals surface area contributed by atoms with Gasteiger partial charge >= 0.3 is 0 Å². The number of nitrogens with two attached hydrogens (primary N) is 1. The minimum absolute atomic E-state index is 0.0873. The highest BCUT2D eigenvalue weighted by Gasteiger charge is 2.30. The molecule has 1 aliphatic carbocycles. The van der Waals surface area contributed by atoms with Crippen molar-refractivity contribution in [1.29, 1.82) is 0 Å². The highest BCUT2D eigenvalue weighted by Crippen LogP contribution is 2.25. The maximum absolute atomic E-state index is 12.6. The second-order valence-corrected chi connectivity index (χ2v) is 5.86. The van der Waals surface area contributed by atoms with Crippen molar-refractivity contribution in [2.75, 3.05) is 12.8 Å². The van der Waals surface area contributed by atoms with Crippen LogP contribution in [0.2, 0.25) is 0 Å². The molecule has 5 heteroatoms. The molecule has 1 saturated carbocycles. The van der Waals surface area contributed by atoms with Gasteiger partial charge in [-0.05, 0) is 37.1 Å². The number of hydrogen-bond acceptors (Lipinski definition) is 3. The first-order valence-electron chi connectivity index (χ1n) is 7.40. The van der Waals surface area contributed by atoms with Crippen LogP contribution in [-0.2, 0) is 0 Å². The molecule has 1 aromatic carbocycles. The summed E-state index contributed by atoms with van der Waals surface area (Å²) in [5.74, 6) is -0.0873. The van der Waals surface area contributed by atoms with E-state index in [0.29, 0.717) is 11.4 Å². The number of benzene rings is 1. The van der Waals surface area contributed by atoms with E-state index in [1.54, 1.807) is 11.9 Å². The number of H-pyrrole nitrogens is 1. The molecule has 1 fully saturated rings. The molecule has 1 aliphatic rings. The minimum Gasteiger partial charge on any atom is -0.399 e. The maximum Gasteiger partial charge on any atom is 0.270 e. The second kappa shape index (κ2) is 5.41. The molecule has 112 valence electrons. The molecule has 0 aliphatic heterocycles. The van der Waals surface area contributed by atoms with E-state index in [0.717, 1.165) is 36.6 Å². The van der Waals surface area contributed by atoms with Crippen molar-refractivity contribution in [2.45, 2.75) is 37.8 Å². The van der Waals surface area contributed by atoms with E-state index >= 15 is 0 Å². The zero-order chi connectivity index (χ0) is 15.0. The lowest BCUT2D eigenvalue weighted by atomic mass is 9.91. The number of aliphatic hydroxyl groups excluding tert-OH is 1. The van der Waals surface area contributed by atoms with Gasteiger partial charge in [-0.3, -0.25) is 4.79 Å². The van der Waals surface area contributed by atoms with Crippen molar-refractivity contribution in [1.82, 2.24) is 9.88 Å². The average Bonchev–Trinajstić information content (AvgIpc) is 2.89. The SMILES string of the molecule is CN(C(=O)c1cc2cc(N)ccc2[nH]1)C1CCCCC1O. The van der Waals surface area contributed by atoms with Crippen molar-refractivity contribution in [3.05, 3.63) is 30.0 Å². The number of likely N-dealkylation sites (N-methyl/N-ethyl adjacent to an activating group) is 1. The van der Waals surface area contributed by atoms with E-state index in [1.807, 2.05) is 24.3 Å². The van der Waals surface area contributed by atoms with Crippen LogP contribution in [0.5, 0.6) is 0 Å². The van der Waals surface area contributed by atoms with E-state index in [2.05, 4.69) is 4.98 Å². The lowest BCUT2D eigenvalue weighted by Gasteiger charge is -2.34. The number of fused-ring (bicyclic) bond motifs is 1. The van der Waals surface area contributed by atoms with Crippen molar-refractivity contribution in [3.8, 4) is 0 Å². The van der Waals surface area contributed by atoms with Gasteiger partial charge < -0.3 is 20.7 Å². The van der Waals surface area contributed by atoms with Gasteiger partial charge in [0.25, 0.3) is 5.91 Å². The molecular weight excluding hydrogens is 266 g/mol. The number of aliphatic hydroxyl groups is 1. The summed E-state index contributed by atoms with van der Waals surface area (Å²) >= 11 is 0. The van der Waals surface area contributed by atoms with E-state index in [-0.39, 0.29) is 11.9 Å². The molecule has 1 heterocycles. The number of nitrogens with one attached hydrogen (secondary N) is 1. The van der Waals surface area contributed by atoms with Crippen molar-refractivity contribution >= 4 is 22.5 Å². The number of nitrogens with zero attached hydrogens (tertiary/aromatic N) is 1. The van der Waals surface area contributed by atoms with Crippen LogP contribution < -0.4 is 5.73 Å². The Balaban J connectivity index is 1.85. The van der Waals surface area contributed by atoms with Crippen LogP contribution in [-0.4, -0.2) is 40.1 Å². The van der Waals surface area contributed by atoms with Crippen molar-refractivity contribution in [3.63, 3.8) is 0 Å². The number of hydrogen-bond donors (Lipinski definition) is 3. The van der Waals surface area contributed by atoms with Crippen molar-refractivity contribution < 1.29 is 9.90 Å². The van der Waals surface area contributed by atoms with Gasteiger partial charge in [0, 0.05) is 23.6 Å². The Morgan fingerprint density at radius 3 is 2.86 bits per heavy atom. The third kappa shape index (κ3) is 2.61. The van der Waals surface area contributed by atoms with Crippen LogP contribution in [0.25, 0.3) is 10.9 Å². The first-order valence-corrected chi connectivity index (χ1v) is 7.40. The fraction of sp³-hybridized carbons (Fsp3) is 0.438. The Kier molecular flexibility index (Phi) is 3.59. The molecule has 3 rings (SSSR count). The fourth-order valence-electron chi connectivity index (χ4n) is 3.15. The number of carbonyl (C=O) groups is 1. The lowest BCUT2D eigenvalue weighted by molar-refractivity contribution is 0.0265. The molecule has 2 unspecified atom stereocenters. The number of rotatable bonds is 2. The normalized spacial score (nSPS) is 22.4. The van der Waals surface area contributed by atoms with Gasteiger partial charge in [0.1, 0.15) is 5.69 Å². The topological polar surface area (TPSA) is 82.3 Å². The van der Waals surface area contributed by atoms with Crippen LogP contribution in [0.4, 0.5) is 5.69 Å². The van der Waals surface area contributed by atoms with Gasteiger partial charge in [0.2, 0.25) is 0 Å². The quantitative estimate of drug-likeness (QED) is 0.740. The van der Waals surface area contributed by atoms with Gasteiger partial charge in [0.05, 0.1) is 12.1 Å². The maximum atomic E-state index is 12.6. The standard InChI is InChI=1S/C16H21N3O2/c1-19(14-4-2-3-5-15(14)20)16(21)13-9-10-8-11(17)6-7-12(10)18-13/h6-9,14-15,18,20H,2-5,17H2,1H3. The van der Waals surface area contributed by atoms with E-state index in [4.69, 9.17) is 5.73 Å². The van der Waals surface area contributed by atoms with Gasteiger partial charge in [-0.1, -0.05) is 12.8 Å². The molecule has 5 nitrogen and oxygen atoms in total. The van der Waals surface area contributed by atoms with Crippen LogP contribution in [0.15, 0.2) is 24.3 Å². The number of nitrogen functional groups attached to an aromatic ring is 1. The van der Waals surface area contributed by atoms with Crippen LogP contribution in [0, 0.1) is 0 Å². The molecular formula is C16H21N3O2. The van der Waals surface area contributed by atoms with Crippen molar-refractivity contribution in [2.24, 2.45) is 0 Å². The predicted molar refractivity (Wildman–Crippen MR) is 83.1 cm³/mol. The third-order valence-corrected chi connectivity index (χ3v) is 4.39. The fourth-order valence-corrected chi connectivity index (χ4v) is 3.15. The summed E-state index contributed by atoms with van der Waals surface area (Å²) in [6.45, 7) is 0. The molecule has 21 heavy (non-hydrogen) atoms. The zero-order valence-corrected chi connectivity index (χ0v) is 12.2. The largest absolute Gasteiger partial charge is 0.399 e. The lowest BCUT2D eigenvalue weighted by Crippen LogP contribution is -2.46. The molecule has 4 N–H and O–H groups in total. The molecule has 0 bridgehead atoms. The first kappa shape index (κ1) is 13.9. The molecule has 2 atom stereocenters. The number of aromatic nitrogens is 1. The second-order valence-electron chi connectivity index (χ2n) is 5.86. The van der Waals surface area contributed by atoms with Gasteiger partial charge in [-0.2, -0.15) is 0 Å². The summed E-state index contributed by atoms with van der Waals surface area (Å²) in [7, 11) is 1.77. The Labute approximate surface area is 123 Å². The molecule has 2 aromatic rings. The van der Waals surface area contributed by atoms with E-state index < -0.39 is 6.10 Å². The van der Waals surface area contributed by atoms with Gasteiger partial charge in [-0.15, -0.1) is 0 Å². The summed E-state index contributed by atoms with van der Waals surface area (Å²) < 4.78 is 0. The van der Waals surface area contributed by atoms with Gasteiger partial charge in [0.15, 0.2) is 0 Å². The summed E-state index contributed by atoms with van der Waals surface area (Å²) in [5.41, 5.74) is 7.87. The Bertz CT molecular complexity index is 665. The van der Waals surface area contributed by atoms with Crippen LogP contribution in [0.3, 0.4) is 0 Å². The van der Waals surface area contributed by atoms with Crippen LogP contribution >= 0.6 is 0 Å². The Morgan fingerprint density at radius 2 is 2.10 bits per heavy atom. The average molecular weight is 287 g/mol. The third-order valence-electron chi connectivity index (χ3n) is 4.39.